The molecule has 18 heavy (non-hydrogen) atoms. The zero-order chi connectivity index (χ0) is 12.5. The predicted octanol–water partition coefficient (Wildman–Crippen LogP) is 0.804. The molecule has 2 aliphatic heterocycles. The molecule has 2 aliphatic rings. The highest BCUT2D eigenvalue weighted by Gasteiger charge is 2.40. The lowest BCUT2D eigenvalue weighted by Crippen LogP contribution is -2.67. The van der Waals surface area contributed by atoms with E-state index in [4.69, 9.17) is 0 Å². The third kappa shape index (κ3) is 2.10. The number of rotatable bonds is 4. The van der Waals surface area contributed by atoms with Gasteiger partial charge in [0.05, 0.1) is 0 Å². The second-order valence-corrected chi connectivity index (χ2v) is 5.44. The number of aryl methyl sites for hydroxylation is 1. The molecule has 2 atom stereocenters. The van der Waals surface area contributed by atoms with E-state index in [9.17, 15) is 4.79 Å². The van der Waals surface area contributed by atoms with Crippen LogP contribution in [0.3, 0.4) is 0 Å². The molecule has 1 N–H and O–H groups in total. The number of nitrogens with one attached hydrogen (secondary N) is 1. The number of piperidine rings is 1. The fraction of sp³-hybridized carbons (Fsp3) is 0.643. The van der Waals surface area contributed by atoms with E-state index in [1.54, 1.807) is 6.07 Å². The van der Waals surface area contributed by atoms with E-state index < -0.39 is 0 Å². The van der Waals surface area contributed by atoms with Crippen molar-refractivity contribution in [2.45, 2.75) is 44.9 Å². The van der Waals surface area contributed by atoms with Crippen LogP contribution < -0.4 is 10.9 Å². The Bertz CT molecular complexity index is 468. The third-order valence-corrected chi connectivity index (χ3v) is 4.12. The molecule has 4 heteroatoms. The number of hydrogen-bond acceptors (Lipinski definition) is 3. The summed E-state index contributed by atoms with van der Waals surface area (Å²) in [6.45, 7) is 6.14. The Morgan fingerprint density at radius 1 is 1.33 bits per heavy atom. The quantitative estimate of drug-likeness (QED) is 0.855. The van der Waals surface area contributed by atoms with Crippen LogP contribution in [-0.2, 0) is 13.1 Å². The summed E-state index contributed by atoms with van der Waals surface area (Å²) in [5, 5.41) is 3.44. The number of piperazine rings is 1. The van der Waals surface area contributed by atoms with Crippen molar-refractivity contribution in [3.05, 3.63) is 34.2 Å². The number of aromatic nitrogens is 1. The largest absolute Gasteiger partial charge is 0.315 e. The average molecular weight is 247 g/mol. The summed E-state index contributed by atoms with van der Waals surface area (Å²) in [5.74, 6) is 0. The van der Waals surface area contributed by atoms with Crippen molar-refractivity contribution in [3.63, 3.8) is 0 Å². The first-order valence-electron chi connectivity index (χ1n) is 6.93. The topological polar surface area (TPSA) is 37.3 Å². The Balaban J connectivity index is 1.73. The van der Waals surface area contributed by atoms with Crippen molar-refractivity contribution < 1.29 is 0 Å². The average Bonchev–Trinajstić information content (AvgIpc) is 2.40. The van der Waals surface area contributed by atoms with Crippen LogP contribution in [0.25, 0.3) is 0 Å². The number of fused-ring (bicyclic) bond motifs is 2. The van der Waals surface area contributed by atoms with Crippen LogP contribution in [0.15, 0.2) is 23.1 Å². The summed E-state index contributed by atoms with van der Waals surface area (Å²) in [5.41, 5.74) is 1.38. The van der Waals surface area contributed by atoms with Crippen molar-refractivity contribution >= 4 is 0 Å². The molecule has 0 amide bonds. The molecule has 4 nitrogen and oxygen atoms in total. The number of hydrogen-bond donors (Lipinski definition) is 1. The minimum absolute atomic E-state index is 0.117. The van der Waals surface area contributed by atoms with E-state index in [-0.39, 0.29) is 5.56 Å². The predicted molar refractivity (Wildman–Crippen MR) is 71.6 cm³/mol. The molecule has 0 aromatic carbocycles. The Morgan fingerprint density at radius 3 is 2.78 bits per heavy atom. The standard InChI is InChI=1S/C14H21N3O/c1-2-5-16-9-11(3-4-14(16)18)10-17-12-6-13(17)8-15-7-12/h3-4,9,12-13,15H,2,5-8,10H2,1H3. The number of pyridine rings is 1. The number of nitrogens with zero attached hydrogens (tertiary/aromatic N) is 2. The van der Waals surface area contributed by atoms with Gasteiger partial charge in [0, 0.05) is 50.5 Å². The first kappa shape index (κ1) is 11.9. The Kier molecular flexibility index (Phi) is 3.22. The molecule has 2 bridgehead atoms. The smallest absolute Gasteiger partial charge is 0.250 e. The lowest BCUT2D eigenvalue weighted by molar-refractivity contribution is -0.0208. The maximum absolute atomic E-state index is 11.7. The first-order valence-corrected chi connectivity index (χ1v) is 6.93. The molecular weight excluding hydrogens is 226 g/mol. The molecular formula is C14H21N3O. The minimum atomic E-state index is 0.117. The summed E-state index contributed by atoms with van der Waals surface area (Å²) >= 11 is 0. The second kappa shape index (κ2) is 4.86. The van der Waals surface area contributed by atoms with Crippen LogP contribution in [-0.4, -0.2) is 34.6 Å². The maximum Gasteiger partial charge on any atom is 0.250 e. The van der Waals surface area contributed by atoms with Gasteiger partial charge < -0.3 is 9.88 Å². The molecule has 0 aliphatic carbocycles. The zero-order valence-electron chi connectivity index (χ0n) is 10.9. The van der Waals surface area contributed by atoms with E-state index in [0.29, 0.717) is 12.1 Å². The summed E-state index contributed by atoms with van der Waals surface area (Å²) in [7, 11) is 0. The molecule has 0 spiro atoms. The Morgan fingerprint density at radius 2 is 2.11 bits per heavy atom. The molecule has 2 unspecified atom stereocenters. The summed E-state index contributed by atoms with van der Waals surface area (Å²) in [6.07, 6.45) is 4.37. The molecule has 98 valence electrons. The molecule has 0 radical (unpaired) electrons. The van der Waals surface area contributed by atoms with Crippen LogP contribution >= 0.6 is 0 Å². The van der Waals surface area contributed by atoms with Gasteiger partial charge in [0.2, 0.25) is 0 Å². The summed E-state index contributed by atoms with van der Waals surface area (Å²) in [4.78, 5) is 14.2. The molecule has 1 aromatic heterocycles. The van der Waals surface area contributed by atoms with E-state index in [1.807, 2.05) is 16.8 Å². The summed E-state index contributed by atoms with van der Waals surface area (Å²) < 4.78 is 1.84. The molecule has 1 aromatic rings. The monoisotopic (exact) mass is 247 g/mol. The van der Waals surface area contributed by atoms with Gasteiger partial charge in [-0.3, -0.25) is 9.69 Å². The zero-order valence-corrected chi connectivity index (χ0v) is 10.9. The lowest BCUT2D eigenvalue weighted by atomic mass is 9.88. The van der Waals surface area contributed by atoms with Crippen molar-refractivity contribution in [1.29, 1.82) is 0 Å². The molecule has 0 saturated carbocycles. The van der Waals surface area contributed by atoms with Gasteiger partial charge in [0.1, 0.15) is 0 Å². The third-order valence-electron chi connectivity index (χ3n) is 4.12. The highest BCUT2D eigenvalue weighted by atomic mass is 16.1. The Hall–Kier alpha value is -1.13. The highest BCUT2D eigenvalue weighted by molar-refractivity contribution is 5.13. The van der Waals surface area contributed by atoms with Crippen LogP contribution in [0.2, 0.25) is 0 Å². The van der Waals surface area contributed by atoms with Crippen molar-refractivity contribution in [3.8, 4) is 0 Å². The molecule has 2 saturated heterocycles. The SMILES string of the molecule is CCCn1cc(CN2C3CNCC2C3)ccc1=O. The second-order valence-electron chi connectivity index (χ2n) is 5.44. The van der Waals surface area contributed by atoms with Gasteiger partial charge in [0.25, 0.3) is 5.56 Å². The molecule has 3 heterocycles. The van der Waals surface area contributed by atoms with Gasteiger partial charge in [-0.25, -0.2) is 0 Å². The van der Waals surface area contributed by atoms with E-state index in [1.165, 1.54) is 12.0 Å². The van der Waals surface area contributed by atoms with Gasteiger partial charge in [-0.1, -0.05) is 13.0 Å². The van der Waals surface area contributed by atoms with Crippen molar-refractivity contribution in [2.24, 2.45) is 0 Å². The molecule has 3 rings (SSSR count). The van der Waals surface area contributed by atoms with Gasteiger partial charge >= 0.3 is 0 Å². The normalized spacial score (nSPS) is 26.9. The van der Waals surface area contributed by atoms with Crippen LogP contribution in [0.4, 0.5) is 0 Å². The van der Waals surface area contributed by atoms with Gasteiger partial charge in [-0.2, -0.15) is 0 Å². The fourth-order valence-electron chi connectivity index (χ4n) is 3.12. The van der Waals surface area contributed by atoms with E-state index >= 15 is 0 Å². The van der Waals surface area contributed by atoms with Crippen LogP contribution in [0.5, 0.6) is 0 Å². The lowest BCUT2D eigenvalue weighted by Gasteiger charge is -2.53. The van der Waals surface area contributed by atoms with Gasteiger partial charge in [0.15, 0.2) is 0 Å². The van der Waals surface area contributed by atoms with Crippen LogP contribution in [0.1, 0.15) is 25.3 Å². The highest BCUT2D eigenvalue weighted by Crippen LogP contribution is 2.29. The Labute approximate surface area is 108 Å². The van der Waals surface area contributed by atoms with Gasteiger partial charge in [-0.15, -0.1) is 0 Å². The molecule has 2 fully saturated rings. The minimum Gasteiger partial charge on any atom is -0.315 e. The maximum atomic E-state index is 11.7. The van der Waals surface area contributed by atoms with E-state index in [0.717, 1.165) is 32.6 Å². The summed E-state index contributed by atoms with van der Waals surface area (Å²) in [6, 6.07) is 5.10. The van der Waals surface area contributed by atoms with Gasteiger partial charge in [-0.05, 0) is 18.4 Å². The van der Waals surface area contributed by atoms with Crippen molar-refractivity contribution in [1.82, 2.24) is 14.8 Å². The van der Waals surface area contributed by atoms with Crippen LogP contribution in [0, 0.1) is 0 Å². The first-order chi connectivity index (χ1) is 8.78. The fourth-order valence-corrected chi connectivity index (χ4v) is 3.12. The van der Waals surface area contributed by atoms with Crippen molar-refractivity contribution in [2.75, 3.05) is 13.1 Å². The van der Waals surface area contributed by atoms with E-state index in [2.05, 4.69) is 17.1 Å².